The SMILES string of the molecule is COc1ccc2[nH]c(=O)c(CN(CC[NH+]3CCOCC3)C(=O)Nc3ccccc3)cc2c1. The number of nitrogens with one attached hydrogen (secondary N) is 3. The van der Waals surface area contributed by atoms with Gasteiger partial charge in [-0.15, -0.1) is 0 Å². The first kappa shape index (κ1) is 21.9. The maximum absolute atomic E-state index is 13.1. The lowest BCUT2D eigenvalue weighted by Crippen LogP contribution is -3.14. The van der Waals surface area contributed by atoms with Crippen molar-refractivity contribution in [2.75, 3.05) is 51.8 Å². The standard InChI is InChI=1S/C24H28N4O4/c1-31-21-7-8-22-18(16-21)15-19(23(29)26-22)17-28(10-9-27-11-13-32-14-12-27)24(30)25-20-5-3-2-4-6-20/h2-8,15-16H,9-14,17H2,1H3,(H,25,30)(H,26,29)/p+1. The van der Waals surface area contributed by atoms with Gasteiger partial charge in [0.05, 0.1) is 40.0 Å². The molecule has 0 radical (unpaired) electrons. The number of fused-ring (bicyclic) bond motifs is 1. The van der Waals surface area contributed by atoms with Crippen molar-refractivity contribution in [3.05, 3.63) is 70.5 Å². The summed E-state index contributed by atoms with van der Waals surface area (Å²) in [5.74, 6) is 0.713. The minimum atomic E-state index is -0.228. The lowest BCUT2D eigenvalue weighted by molar-refractivity contribution is -0.907. The number of ether oxygens (including phenoxy) is 2. The number of quaternary nitrogens is 1. The van der Waals surface area contributed by atoms with Crippen LogP contribution in [-0.2, 0) is 11.3 Å². The van der Waals surface area contributed by atoms with E-state index >= 15 is 0 Å². The highest BCUT2D eigenvalue weighted by atomic mass is 16.5. The van der Waals surface area contributed by atoms with E-state index in [1.165, 1.54) is 4.90 Å². The molecule has 168 valence electrons. The van der Waals surface area contributed by atoms with E-state index in [0.717, 1.165) is 49.4 Å². The van der Waals surface area contributed by atoms with Crippen LogP contribution in [0.15, 0.2) is 59.4 Å². The molecule has 1 aromatic heterocycles. The monoisotopic (exact) mass is 437 g/mol. The smallest absolute Gasteiger partial charge is 0.322 e. The Labute approximate surface area is 186 Å². The molecule has 0 spiro atoms. The maximum atomic E-state index is 13.1. The first-order chi connectivity index (χ1) is 15.6. The van der Waals surface area contributed by atoms with Crippen molar-refractivity contribution in [3.8, 4) is 5.75 Å². The third kappa shape index (κ3) is 5.46. The Morgan fingerprint density at radius 2 is 1.94 bits per heavy atom. The largest absolute Gasteiger partial charge is 0.497 e. The second-order valence-corrected chi connectivity index (χ2v) is 7.91. The topological polar surface area (TPSA) is 88.1 Å². The van der Waals surface area contributed by atoms with Crippen molar-refractivity contribution in [2.45, 2.75) is 6.54 Å². The van der Waals surface area contributed by atoms with E-state index in [4.69, 9.17) is 9.47 Å². The molecule has 8 nitrogen and oxygen atoms in total. The van der Waals surface area contributed by atoms with Crippen LogP contribution in [-0.4, -0.2) is 62.4 Å². The summed E-state index contributed by atoms with van der Waals surface area (Å²) in [6, 6.07) is 16.5. The molecule has 0 bridgehead atoms. The number of nitrogens with zero attached hydrogens (tertiary/aromatic N) is 1. The fraction of sp³-hybridized carbons (Fsp3) is 0.333. The molecular formula is C24H29N4O4+. The van der Waals surface area contributed by atoms with Gasteiger partial charge in [-0.1, -0.05) is 18.2 Å². The van der Waals surface area contributed by atoms with Gasteiger partial charge in [0.25, 0.3) is 5.56 Å². The maximum Gasteiger partial charge on any atom is 0.322 e. The number of carbonyl (C=O) groups excluding carboxylic acids is 1. The number of anilines is 1. The molecule has 2 amide bonds. The fourth-order valence-corrected chi connectivity index (χ4v) is 3.86. The number of urea groups is 1. The van der Waals surface area contributed by atoms with Crippen LogP contribution in [0.5, 0.6) is 5.75 Å². The van der Waals surface area contributed by atoms with E-state index in [-0.39, 0.29) is 18.1 Å². The molecule has 0 aliphatic carbocycles. The molecule has 1 fully saturated rings. The van der Waals surface area contributed by atoms with Gasteiger partial charge in [-0.05, 0) is 36.4 Å². The van der Waals surface area contributed by atoms with Crippen LogP contribution >= 0.6 is 0 Å². The normalized spacial score (nSPS) is 14.3. The predicted octanol–water partition coefficient (Wildman–Crippen LogP) is 1.49. The average Bonchev–Trinajstić information content (AvgIpc) is 2.83. The number of pyridine rings is 1. The van der Waals surface area contributed by atoms with Crippen LogP contribution in [0.2, 0.25) is 0 Å². The highest BCUT2D eigenvalue weighted by Gasteiger charge is 2.20. The Bertz CT molecular complexity index is 1110. The van der Waals surface area contributed by atoms with Crippen molar-refractivity contribution in [1.29, 1.82) is 0 Å². The van der Waals surface area contributed by atoms with Gasteiger partial charge < -0.3 is 29.6 Å². The van der Waals surface area contributed by atoms with Gasteiger partial charge in [0.2, 0.25) is 0 Å². The van der Waals surface area contributed by atoms with Gasteiger partial charge in [-0.2, -0.15) is 0 Å². The molecule has 1 aliphatic heterocycles. The number of aromatic nitrogens is 1. The zero-order valence-electron chi connectivity index (χ0n) is 18.2. The molecule has 4 rings (SSSR count). The van der Waals surface area contributed by atoms with Crippen molar-refractivity contribution in [1.82, 2.24) is 9.88 Å². The zero-order valence-corrected chi connectivity index (χ0v) is 18.2. The summed E-state index contributed by atoms with van der Waals surface area (Å²) < 4.78 is 10.7. The second kappa shape index (κ2) is 10.3. The van der Waals surface area contributed by atoms with Crippen LogP contribution in [0.4, 0.5) is 10.5 Å². The van der Waals surface area contributed by atoms with E-state index in [9.17, 15) is 9.59 Å². The molecule has 8 heteroatoms. The fourth-order valence-electron chi connectivity index (χ4n) is 3.86. The van der Waals surface area contributed by atoms with E-state index in [2.05, 4.69) is 10.3 Å². The highest BCUT2D eigenvalue weighted by molar-refractivity contribution is 5.89. The third-order valence-electron chi connectivity index (χ3n) is 5.74. The Hall–Kier alpha value is -3.36. The first-order valence-electron chi connectivity index (χ1n) is 10.8. The minimum absolute atomic E-state index is 0.195. The minimum Gasteiger partial charge on any atom is -0.497 e. The molecule has 3 N–H and O–H groups in total. The summed E-state index contributed by atoms with van der Waals surface area (Å²) in [4.78, 5) is 31.9. The number of aromatic amines is 1. The number of amides is 2. The van der Waals surface area contributed by atoms with Crippen LogP contribution in [0.1, 0.15) is 5.56 Å². The molecule has 1 aliphatic rings. The van der Waals surface area contributed by atoms with Crippen molar-refractivity contribution < 1.29 is 19.2 Å². The van der Waals surface area contributed by atoms with Crippen LogP contribution in [0, 0.1) is 0 Å². The van der Waals surface area contributed by atoms with Crippen LogP contribution in [0.3, 0.4) is 0 Å². The molecule has 0 saturated carbocycles. The summed E-state index contributed by atoms with van der Waals surface area (Å²) in [7, 11) is 1.61. The lowest BCUT2D eigenvalue weighted by atomic mass is 10.1. The highest BCUT2D eigenvalue weighted by Crippen LogP contribution is 2.19. The Morgan fingerprint density at radius 3 is 2.69 bits per heavy atom. The zero-order chi connectivity index (χ0) is 22.3. The molecule has 32 heavy (non-hydrogen) atoms. The van der Waals surface area contributed by atoms with E-state index in [1.807, 2.05) is 54.6 Å². The number of hydrogen-bond donors (Lipinski definition) is 3. The molecule has 0 atom stereocenters. The number of H-pyrrole nitrogens is 1. The van der Waals surface area contributed by atoms with Gasteiger partial charge in [0, 0.05) is 22.2 Å². The number of carbonyl (C=O) groups is 1. The molecule has 0 unspecified atom stereocenters. The van der Waals surface area contributed by atoms with Gasteiger partial charge in [-0.3, -0.25) is 4.79 Å². The lowest BCUT2D eigenvalue weighted by Gasteiger charge is -2.28. The van der Waals surface area contributed by atoms with E-state index in [0.29, 0.717) is 17.9 Å². The van der Waals surface area contributed by atoms with Gasteiger partial charge in [0.1, 0.15) is 18.8 Å². The second-order valence-electron chi connectivity index (χ2n) is 7.91. The van der Waals surface area contributed by atoms with Gasteiger partial charge >= 0.3 is 6.03 Å². The number of benzene rings is 2. The Kier molecular flexibility index (Phi) is 7.03. The molecule has 1 saturated heterocycles. The quantitative estimate of drug-likeness (QED) is 0.523. The summed E-state index contributed by atoms with van der Waals surface area (Å²) in [6.07, 6.45) is 0. The average molecular weight is 438 g/mol. The Morgan fingerprint density at radius 1 is 1.16 bits per heavy atom. The van der Waals surface area contributed by atoms with Gasteiger partial charge in [0.15, 0.2) is 0 Å². The summed E-state index contributed by atoms with van der Waals surface area (Å²) in [5.41, 5.74) is 1.79. The first-order valence-corrected chi connectivity index (χ1v) is 10.8. The molecule has 2 heterocycles. The Balaban J connectivity index is 1.56. The molecule has 2 aromatic carbocycles. The van der Waals surface area contributed by atoms with Crippen molar-refractivity contribution >= 4 is 22.6 Å². The number of para-hydroxylation sites is 1. The summed E-state index contributed by atoms with van der Waals surface area (Å²) in [5, 5.41) is 3.81. The van der Waals surface area contributed by atoms with E-state index < -0.39 is 0 Å². The van der Waals surface area contributed by atoms with Crippen molar-refractivity contribution in [2.24, 2.45) is 0 Å². The van der Waals surface area contributed by atoms with Crippen molar-refractivity contribution in [3.63, 3.8) is 0 Å². The number of rotatable bonds is 7. The number of morpholine rings is 1. The number of hydrogen-bond acceptors (Lipinski definition) is 4. The predicted molar refractivity (Wildman–Crippen MR) is 123 cm³/mol. The van der Waals surface area contributed by atoms with E-state index in [1.54, 1.807) is 12.0 Å². The van der Waals surface area contributed by atoms with Gasteiger partial charge in [-0.25, -0.2) is 4.79 Å². The molecular weight excluding hydrogens is 408 g/mol. The summed E-state index contributed by atoms with van der Waals surface area (Å²) in [6.45, 7) is 4.85. The van der Waals surface area contributed by atoms with Crippen LogP contribution in [0.25, 0.3) is 10.9 Å². The third-order valence-corrected chi connectivity index (χ3v) is 5.74. The molecule has 3 aromatic rings. The number of methoxy groups -OCH3 is 1. The summed E-state index contributed by atoms with van der Waals surface area (Å²) >= 11 is 0. The van der Waals surface area contributed by atoms with Crippen LogP contribution < -0.4 is 20.5 Å².